The van der Waals surface area contributed by atoms with Gasteiger partial charge in [0.15, 0.2) is 0 Å². The van der Waals surface area contributed by atoms with Crippen LogP contribution in [0.4, 0.5) is 0 Å². The minimum absolute atomic E-state index is 0.223. The quantitative estimate of drug-likeness (QED) is 0.530. The molecule has 0 aromatic heterocycles. The first-order valence-electron chi connectivity index (χ1n) is 8.70. The van der Waals surface area contributed by atoms with E-state index >= 15 is 0 Å². The van der Waals surface area contributed by atoms with E-state index in [1.807, 2.05) is 36.4 Å². The van der Waals surface area contributed by atoms with Gasteiger partial charge in [-0.15, -0.1) is 0 Å². The van der Waals surface area contributed by atoms with Gasteiger partial charge in [0.2, 0.25) is 0 Å². The molecule has 132 valence electrons. The Morgan fingerprint density at radius 1 is 0.577 bits per heavy atom. The van der Waals surface area contributed by atoms with Crippen molar-refractivity contribution in [3.8, 4) is 17.2 Å². The van der Waals surface area contributed by atoms with Crippen LogP contribution in [-0.4, -0.2) is 15.3 Å². The number of rotatable bonds is 5. The van der Waals surface area contributed by atoms with Gasteiger partial charge in [-0.1, -0.05) is 49.7 Å². The van der Waals surface area contributed by atoms with Gasteiger partial charge in [0.05, 0.1) is 0 Å². The maximum absolute atomic E-state index is 9.66. The lowest BCUT2D eigenvalue weighted by atomic mass is 9.87. The molecule has 0 saturated heterocycles. The third kappa shape index (κ3) is 3.89. The van der Waals surface area contributed by atoms with Crippen LogP contribution in [0.25, 0.3) is 11.1 Å². The third-order valence-electron chi connectivity index (χ3n) is 4.33. The smallest absolute Gasteiger partial charge is 0.115 e. The molecule has 0 fully saturated rings. The maximum Gasteiger partial charge on any atom is 0.115 e. The molecule has 0 aliphatic rings. The molecule has 0 bridgehead atoms. The summed E-state index contributed by atoms with van der Waals surface area (Å²) in [4.78, 5) is 0. The van der Waals surface area contributed by atoms with Crippen molar-refractivity contribution < 1.29 is 15.3 Å². The van der Waals surface area contributed by atoms with Crippen molar-refractivity contribution in [2.24, 2.45) is 0 Å². The average Bonchev–Trinajstić information content (AvgIpc) is 2.65. The molecule has 0 aliphatic heterocycles. The molecule has 0 heterocycles. The van der Waals surface area contributed by atoms with E-state index in [4.69, 9.17) is 0 Å². The fourth-order valence-electron chi connectivity index (χ4n) is 3.10. The van der Waals surface area contributed by atoms with Crippen molar-refractivity contribution in [2.75, 3.05) is 0 Å². The Morgan fingerprint density at radius 2 is 0.923 bits per heavy atom. The molecular formula is C23H22O3. The van der Waals surface area contributed by atoms with Gasteiger partial charge < -0.3 is 15.3 Å². The van der Waals surface area contributed by atoms with E-state index in [1.165, 1.54) is 0 Å². The maximum atomic E-state index is 9.66. The third-order valence-corrected chi connectivity index (χ3v) is 4.33. The van der Waals surface area contributed by atoms with Crippen LogP contribution in [0.15, 0.2) is 72.8 Å². The van der Waals surface area contributed by atoms with Gasteiger partial charge in [0, 0.05) is 0 Å². The molecule has 3 N–H and O–H groups in total. The Hall–Kier alpha value is -3.20. The molecule has 0 unspecified atom stereocenters. The largest absolute Gasteiger partial charge is 0.508 e. The molecule has 3 aromatic carbocycles. The Morgan fingerprint density at radius 3 is 1.27 bits per heavy atom. The molecule has 3 aromatic rings. The monoisotopic (exact) mass is 346 g/mol. The van der Waals surface area contributed by atoms with Crippen LogP contribution in [0.2, 0.25) is 0 Å². The first kappa shape index (κ1) is 17.6. The van der Waals surface area contributed by atoms with Crippen molar-refractivity contribution in [3.05, 3.63) is 89.5 Å². The van der Waals surface area contributed by atoms with Crippen LogP contribution >= 0.6 is 0 Å². The van der Waals surface area contributed by atoms with Gasteiger partial charge >= 0.3 is 0 Å². The molecule has 0 amide bonds. The first-order chi connectivity index (χ1) is 12.6. The van der Waals surface area contributed by atoms with Gasteiger partial charge in [-0.2, -0.15) is 0 Å². The Kier molecular flexibility index (Phi) is 5.28. The topological polar surface area (TPSA) is 60.7 Å². The van der Waals surface area contributed by atoms with E-state index in [1.54, 1.807) is 36.4 Å². The molecule has 26 heavy (non-hydrogen) atoms. The zero-order valence-corrected chi connectivity index (χ0v) is 14.7. The minimum Gasteiger partial charge on any atom is -0.508 e. The van der Waals surface area contributed by atoms with Gasteiger partial charge in [-0.05, 0) is 70.7 Å². The molecule has 3 rings (SSSR count). The molecule has 0 spiro atoms. The summed E-state index contributed by atoms with van der Waals surface area (Å²) < 4.78 is 0. The predicted molar refractivity (Wildman–Crippen MR) is 105 cm³/mol. The summed E-state index contributed by atoms with van der Waals surface area (Å²) in [6.07, 6.45) is 1.83. The highest BCUT2D eigenvalue weighted by Crippen LogP contribution is 2.36. The summed E-state index contributed by atoms with van der Waals surface area (Å²) in [5.41, 5.74) is 5.23. The minimum atomic E-state index is 0.223. The van der Waals surface area contributed by atoms with E-state index in [0.29, 0.717) is 0 Å². The average molecular weight is 346 g/mol. The molecular weight excluding hydrogens is 324 g/mol. The van der Waals surface area contributed by atoms with Gasteiger partial charge in [0.25, 0.3) is 0 Å². The van der Waals surface area contributed by atoms with E-state index in [2.05, 4.69) is 6.92 Å². The summed E-state index contributed by atoms with van der Waals surface area (Å²) in [5, 5.41) is 28.9. The molecule has 0 aliphatic carbocycles. The second kappa shape index (κ2) is 7.79. The molecule has 0 atom stereocenters. The van der Waals surface area contributed by atoms with Crippen molar-refractivity contribution in [3.63, 3.8) is 0 Å². The highest BCUT2D eigenvalue weighted by Gasteiger charge is 2.14. The number of hydrogen-bond acceptors (Lipinski definition) is 3. The van der Waals surface area contributed by atoms with Gasteiger partial charge in [-0.3, -0.25) is 0 Å². The number of hydrogen-bond donors (Lipinski definition) is 3. The zero-order valence-electron chi connectivity index (χ0n) is 14.7. The summed E-state index contributed by atoms with van der Waals surface area (Å²) in [5.74, 6) is 0.682. The molecule has 0 saturated carbocycles. The first-order valence-corrected chi connectivity index (χ1v) is 8.70. The highest BCUT2D eigenvalue weighted by molar-refractivity contribution is 5.98. The second-order valence-electron chi connectivity index (χ2n) is 6.24. The molecule has 3 heteroatoms. The van der Waals surface area contributed by atoms with Crippen LogP contribution in [0, 0.1) is 0 Å². The number of phenolic OH excluding ortho intramolecular Hbond substituents is 3. The molecule has 3 nitrogen and oxygen atoms in total. The highest BCUT2D eigenvalue weighted by atomic mass is 16.3. The van der Waals surface area contributed by atoms with Crippen LogP contribution in [0.5, 0.6) is 17.2 Å². The summed E-state index contributed by atoms with van der Waals surface area (Å²) in [6.45, 7) is 2.13. The summed E-state index contributed by atoms with van der Waals surface area (Å²) >= 11 is 0. The SMILES string of the molecule is CCCC(=C(c1ccc(O)cc1)c1ccc(O)cc1)c1ccc(O)cc1. The predicted octanol–water partition coefficient (Wildman–Crippen LogP) is 5.56. The number of allylic oxidation sites excluding steroid dienone is 1. The Labute approximate surface area is 153 Å². The zero-order chi connectivity index (χ0) is 18.5. The fourth-order valence-corrected chi connectivity index (χ4v) is 3.10. The number of aromatic hydroxyl groups is 3. The van der Waals surface area contributed by atoms with Crippen LogP contribution in [0.1, 0.15) is 36.5 Å². The second-order valence-corrected chi connectivity index (χ2v) is 6.24. The standard InChI is InChI=1S/C23H22O3/c1-2-3-22(16-4-10-19(24)11-5-16)23(17-6-12-20(25)13-7-17)18-8-14-21(26)15-9-18/h4-15,24-26H,2-3H2,1H3. The van der Waals surface area contributed by atoms with E-state index in [9.17, 15) is 15.3 Å². The fraction of sp³-hybridized carbons (Fsp3) is 0.130. The number of phenols is 3. The number of benzene rings is 3. The Balaban J connectivity index is 2.26. The molecule has 0 radical (unpaired) electrons. The van der Waals surface area contributed by atoms with Crippen molar-refractivity contribution >= 4 is 11.1 Å². The van der Waals surface area contributed by atoms with Crippen molar-refractivity contribution in [2.45, 2.75) is 19.8 Å². The lowest BCUT2D eigenvalue weighted by Crippen LogP contribution is -1.95. The lowest BCUT2D eigenvalue weighted by Gasteiger charge is -2.17. The van der Waals surface area contributed by atoms with Crippen LogP contribution in [0.3, 0.4) is 0 Å². The summed E-state index contributed by atoms with van der Waals surface area (Å²) in [7, 11) is 0. The van der Waals surface area contributed by atoms with Crippen molar-refractivity contribution in [1.29, 1.82) is 0 Å². The van der Waals surface area contributed by atoms with Gasteiger partial charge in [-0.25, -0.2) is 0 Å². The normalized spacial score (nSPS) is 10.5. The Bertz CT molecular complexity index is 842. The van der Waals surface area contributed by atoms with E-state index < -0.39 is 0 Å². The van der Waals surface area contributed by atoms with Crippen LogP contribution < -0.4 is 0 Å². The van der Waals surface area contributed by atoms with E-state index in [0.717, 1.165) is 40.7 Å². The van der Waals surface area contributed by atoms with Crippen LogP contribution in [-0.2, 0) is 0 Å². The van der Waals surface area contributed by atoms with E-state index in [-0.39, 0.29) is 17.2 Å². The lowest BCUT2D eigenvalue weighted by molar-refractivity contribution is 0.474. The van der Waals surface area contributed by atoms with Crippen molar-refractivity contribution in [1.82, 2.24) is 0 Å². The summed E-state index contributed by atoms with van der Waals surface area (Å²) in [6, 6.07) is 21.5. The van der Waals surface area contributed by atoms with Gasteiger partial charge in [0.1, 0.15) is 17.2 Å².